The van der Waals surface area contributed by atoms with E-state index in [-0.39, 0.29) is 18.6 Å². The number of nitrogens with zero attached hydrogens (tertiary/aromatic N) is 6. The van der Waals surface area contributed by atoms with Crippen LogP contribution in [0, 0.1) is 5.82 Å². The van der Waals surface area contributed by atoms with E-state index in [2.05, 4.69) is 25.7 Å². The van der Waals surface area contributed by atoms with E-state index in [4.69, 9.17) is 9.47 Å². The summed E-state index contributed by atoms with van der Waals surface area (Å²) in [6.07, 6.45) is 0. The number of piperazine rings is 1. The second-order valence-corrected chi connectivity index (χ2v) is 7.24. The summed E-state index contributed by atoms with van der Waals surface area (Å²) in [5.41, 5.74) is 1.36. The number of urea groups is 1. The number of carbonyl (C=O) groups excluding carboxylic acids is 1. The van der Waals surface area contributed by atoms with Gasteiger partial charge in [0.2, 0.25) is 6.79 Å². The maximum Gasteiger partial charge on any atom is 0.321 e. The number of fused-ring (bicyclic) bond motifs is 1. The zero-order chi connectivity index (χ0) is 21.2. The Morgan fingerprint density at radius 1 is 1.03 bits per heavy atom. The van der Waals surface area contributed by atoms with Gasteiger partial charge in [0.05, 0.1) is 12.2 Å². The smallest absolute Gasteiger partial charge is 0.321 e. The first-order valence-electron chi connectivity index (χ1n) is 9.87. The summed E-state index contributed by atoms with van der Waals surface area (Å²) in [5.74, 6) is 1.65. The molecule has 0 spiro atoms. The number of aromatic nitrogens is 4. The van der Waals surface area contributed by atoms with Crippen LogP contribution in [0.4, 0.5) is 14.9 Å². The van der Waals surface area contributed by atoms with Crippen LogP contribution in [0.25, 0.3) is 5.69 Å². The van der Waals surface area contributed by atoms with Gasteiger partial charge in [-0.3, -0.25) is 4.90 Å². The highest BCUT2D eigenvalue weighted by Crippen LogP contribution is 2.34. The van der Waals surface area contributed by atoms with Crippen LogP contribution in [0.5, 0.6) is 11.5 Å². The van der Waals surface area contributed by atoms with Gasteiger partial charge >= 0.3 is 6.03 Å². The molecule has 2 aliphatic heterocycles. The minimum absolute atomic E-state index is 0.158. The number of nitrogens with one attached hydrogen (secondary N) is 1. The molecule has 0 atom stereocenters. The Kier molecular flexibility index (Phi) is 5.08. The summed E-state index contributed by atoms with van der Waals surface area (Å²) in [5, 5.41) is 14.8. The number of amides is 2. The van der Waals surface area contributed by atoms with Gasteiger partial charge in [-0.25, -0.2) is 9.18 Å². The van der Waals surface area contributed by atoms with E-state index >= 15 is 0 Å². The van der Waals surface area contributed by atoms with Crippen molar-refractivity contribution in [3.63, 3.8) is 0 Å². The minimum Gasteiger partial charge on any atom is -0.454 e. The van der Waals surface area contributed by atoms with Crippen LogP contribution in [0.2, 0.25) is 0 Å². The number of anilines is 1. The molecule has 1 N–H and O–H groups in total. The van der Waals surface area contributed by atoms with E-state index in [1.807, 2.05) is 0 Å². The molecule has 2 aliphatic rings. The topological polar surface area (TPSA) is 97.6 Å². The van der Waals surface area contributed by atoms with Gasteiger partial charge in [0.1, 0.15) is 5.82 Å². The Morgan fingerprint density at radius 2 is 1.81 bits per heavy atom. The Bertz CT molecular complexity index is 1080. The molecule has 1 aromatic heterocycles. The van der Waals surface area contributed by atoms with Crippen LogP contribution >= 0.6 is 0 Å². The summed E-state index contributed by atoms with van der Waals surface area (Å²) in [6.45, 7) is 3.25. The highest BCUT2D eigenvalue weighted by molar-refractivity contribution is 5.89. The third-order valence-corrected chi connectivity index (χ3v) is 5.25. The third kappa shape index (κ3) is 4.12. The first-order valence-corrected chi connectivity index (χ1v) is 9.87. The fraction of sp³-hybridized carbons (Fsp3) is 0.300. The Morgan fingerprint density at radius 3 is 2.61 bits per heavy atom. The lowest BCUT2D eigenvalue weighted by Gasteiger charge is -2.34. The monoisotopic (exact) mass is 425 g/mol. The van der Waals surface area contributed by atoms with Crippen molar-refractivity contribution in [1.29, 1.82) is 0 Å². The third-order valence-electron chi connectivity index (χ3n) is 5.25. The summed E-state index contributed by atoms with van der Waals surface area (Å²) in [6, 6.07) is 11.2. The number of rotatable bonds is 4. The van der Waals surface area contributed by atoms with Crippen molar-refractivity contribution in [3.05, 3.63) is 54.1 Å². The molecule has 5 rings (SSSR count). The van der Waals surface area contributed by atoms with Crippen LogP contribution in [0.1, 0.15) is 5.82 Å². The molecule has 0 unspecified atom stereocenters. The molecule has 0 aliphatic carbocycles. The highest BCUT2D eigenvalue weighted by Gasteiger charge is 2.23. The molecular weight excluding hydrogens is 405 g/mol. The Balaban J connectivity index is 1.16. The lowest BCUT2D eigenvalue weighted by Crippen LogP contribution is -2.49. The van der Waals surface area contributed by atoms with E-state index in [0.29, 0.717) is 61.4 Å². The number of benzene rings is 2. The van der Waals surface area contributed by atoms with Crippen LogP contribution in [-0.2, 0) is 6.54 Å². The maximum absolute atomic E-state index is 13.2. The van der Waals surface area contributed by atoms with Gasteiger partial charge in [0.25, 0.3) is 0 Å². The highest BCUT2D eigenvalue weighted by atomic mass is 19.1. The van der Waals surface area contributed by atoms with Crippen molar-refractivity contribution in [1.82, 2.24) is 30.0 Å². The SMILES string of the molecule is O=C(Nc1ccc2c(c1)OCO2)N1CCN(Cc2nnnn2-c2ccc(F)cc2)CC1. The predicted octanol–water partition coefficient (Wildman–Crippen LogP) is 1.88. The number of hydrogen-bond donors (Lipinski definition) is 1. The molecule has 0 bridgehead atoms. The molecule has 10 nitrogen and oxygen atoms in total. The molecule has 0 saturated carbocycles. The van der Waals surface area contributed by atoms with Gasteiger partial charge in [-0.1, -0.05) is 0 Å². The molecule has 0 radical (unpaired) electrons. The Hall–Kier alpha value is -3.73. The molecule has 11 heteroatoms. The molecule has 31 heavy (non-hydrogen) atoms. The number of carbonyl (C=O) groups is 1. The van der Waals surface area contributed by atoms with E-state index in [0.717, 1.165) is 0 Å². The first kappa shape index (κ1) is 19.2. The lowest BCUT2D eigenvalue weighted by molar-refractivity contribution is 0.140. The summed E-state index contributed by atoms with van der Waals surface area (Å²) >= 11 is 0. The predicted molar refractivity (Wildman–Crippen MR) is 108 cm³/mol. The van der Waals surface area contributed by atoms with Gasteiger partial charge in [-0.2, -0.15) is 4.68 Å². The molecule has 2 amide bonds. The first-order chi connectivity index (χ1) is 15.2. The van der Waals surface area contributed by atoms with E-state index in [1.165, 1.54) is 12.1 Å². The largest absolute Gasteiger partial charge is 0.454 e. The number of halogens is 1. The standard InChI is InChI=1S/C20H20FN7O3/c21-14-1-4-16(5-2-14)28-19(23-24-25-28)12-26-7-9-27(10-8-26)20(29)22-15-3-6-17-18(11-15)31-13-30-17/h1-6,11H,7-10,12-13H2,(H,22,29). The van der Waals surface area contributed by atoms with E-state index < -0.39 is 0 Å². The minimum atomic E-state index is -0.312. The molecule has 1 fully saturated rings. The molecule has 1 saturated heterocycles. The number of hydrogen-bond acceptors (Lipinski definition) is 7. The van der Waals surface area contributed by atoms with Crippen molar-refractivity contribution < 1.29 is 18.7 Å². The van der Waals surface area contributed by atoms with Crippen LogP contribution in [-0.4, -0.2) is 69.0 Å². The zero-order valence-corrected chi connectivity index (χ0v) is 16.6. The quantitative estimate of drug-likeness (QED) is 0.682. The van der Waals surface area contributed by atoms with Crippen LogP contribution in [0.15, 0.2) is 42.5 Å². The average Bonchev–Trinajstić information content (AvgIpc) is 3.44. The van der Waals surface area contributed by atoms with Crippen molar-refractivity contribution in [2.45, 2.75) is 6.54 Å². The summed E-state index contributed by atoms with van der Waals surface area (Å²) in [7, 11) is 0. The second-order valence-electron chi connectivity index (χ2n) is 7.24. The van der Waals surface area contributed by atoms with Gasteiger partial charge in [-0.05, 0) is 46.8 Å². The molecule has 3 aromatic rings. The summed E-state index contributed by atoms with van der Waals surface area (Å²) < 4.78 is 25.4. The van der Waals surface area contributed by atoms with Gasteiger partial charge in [0, 0.05) is 37.9 Å². The van der Waals surface area contributed by atoms with Gasteiger partial charge in [0.15, 0.2) is 17.3 Å². The Labute approximate surface area is 177 Å². The van der Waals surface area contributed by atoms with Crippen molar-refractivity contribution in [2.24, 2.45) is 0 Å². The molecular formula is C20H20FN7O3. The summed E-state index contributed by atoms with van der Waals surface area (Å²) in [4.78, 5) is 16.6. The number of ether oxygens (including phenoxy) is 2. The van der Waals surface area contributed by atoms with Gasteiger partial charge < -0.3 is 19.7 Å². The van der Waals surface area contributed by atoms with Crippen LogP contribution < -0.4 is 14.8 Å². The van der Waals surface area contributed by atoms with E-state index in [9.17, 15) is 9.18 Å². The maximum atomic E-state index is 13.2. The average molecular weight is 425 g/mol. The van der Waals surface area contributed by atoms with Crippen molar-refractivity contribution in [3.8, 4) is 17.2 Å². The van der Waals surface area contributed by atoms with E-state index in [1.54, 1.807) is 39.9 Å². The number of tetrazole rings is 1. The molecule has 2 aromatic carbocycles. The second kappa shape index (κ2) is 8.19. The molecule has 160 valence electrons. The van der Waals surface area contributed by atoms with Crippen molar-refractivity contribution in [2.75, 3.05) is 38.3 Å². The lowest BCUT2D eigenvalue weighted by atomic mass is 10.2. The van der Waals surface area contributed by atoms with Crippen LogP contribution in [0.3, 0.4) is 0 Å². The molecule has 3 heterocycles. The fourth-order valence-electron chi connectivity index (χ4n) is 3.57. The zero-order valence-electron chi connectivity index (χ0n) is 16.6. The van der Waals surface area contributed by atoms with Gasteiger partial charge in [-0.15, -0.1) is 5.10 Å². The fourth-order valence-corrected chi connectivity index (χ4v) is 3.57. The normalized spacial score (nSPS) is 15.8. The van der Waals surface area contributed by atoms with Crippen molar-refractivity contribution >= 4 is 11.7 Å².